The van der Waals surface area contributed by atoms with E-state index >= 15 is 0 Å². The molecule has 1 N–H and O–H groups in total. The maximum absolute atomic E-state index is 13.0. The van der Waals surface area contributed by atoms with Crippen molar-refractivity contribution >= 4 is 33.0 Å². The summed E-state index contributed by atoms with van der Waals surface area (Å²) >= 11 is 1.59. The second kappa shape index (κ2) is 7.83. The van der Waals surface area contributed by atoms with Gasteiger partial charge in [0.2, 0.25) is 5.91 Å². The van der Waals surface area contributed by atoms with Crippen LogP contribution in [0.3, 0.4) is 0 Å². The van der Waals surface area contributed by atoms with Crippen molar-refractivity contribution in [1.29, 1.82) is 0 Å². The van der Waals surface area contributed by atoms with Gasteiger partial charge in [-0.05, 0) is 56.7 Å². The average Bonchev–Trinajstić information content (AvgIpc) is 3.31. The van der Waals surface area contributed by atoms with Crippen LogP contribution < -0.4 is 10.9 Å². The Labute approximate surface area is 172 Å². The van der Waals surface area contributed by atoms with E-state index < -0.39 is 6.04 Å². The Kier molecular flexibility index (Phi) is 5.24. The zero-order valence-corrected chi connectivity index (χ0v) is 17.6. The summed E-state index contributed by atoms with van der Waals surface area (Å²) in [6.45, 7) is 5.56. The van der Waals surface area contributed by atoms with Crippen molar-refractivity contribution in [2.24, 2.45) is 0 Å². The minimum Gasteiger partial charge on any atom is -0.352 e. The number of nitrogens with one attached hydrogen (secondary N) is 1. The maximum Gasteiger partial charge on any atom is 0.291 e. The maximum atomic E-state index is 13.0. The Bertz CT molecular complexity index is 1220. The summed E-state index contributed by atoms with van der Waals surface area (Å²) in [5.41, 5.74) is 2.52. The molecule has 4 aromatic rings. The van der Waals surface area contributed by atoms with Gasteiger partial charge in [-0.2, -0.15) is 5.10 Å². The third-order valence-corrected chi connectivity index (χ3v) is 6.12. The molecule has 4 rings (SSSR count). The van der Waals surface area contributed by atoms with Crippen LogP contribution in [0, 0.1) is 6.92 Å². The molecule has 2 atom stereocenters. The molecule has 29 heavy (non-hydrogen) atoms. The number of hydrogen-bond acceptors (Lipinski definition) is 4. The van der Waals surface area contributed by atoms with Crippen LogP contribution in [0.5, 0.6) is 0 Å². The van der Waals surface area contributed by atoms with Crippen LogP contribution in [-0.4, -0.2) is 26.1 Å². The van der Waals surface area contributed by atoms with Crippen LogP contribution in [0.1, 0.15) is 37.7 Å². The highest BCUT2D eigenvalue weighted by molar-refractivity contribution is 7.17. The van der Waals surface area contributed by atoms with E-state index in [-0.39, 0.29) is 17.5 Å². The largest absolute Gasteiger partial charge is 0.352 e. The van der Waals surface area contributed by atoms with E-state index in [4.69, 9.17) is 0 Å². The normalized spacial score (nSPS) is 13.6. The van der Waals surface area contributed by atoms with E-state index in [2.05, 4.69) is 22.5 Å². The molecule has 0 spiro atoms. The number of nitrogens with zero attached hydrogens (tertiary/aromatic N) is 3. The highest BCUT2D eigenvalue weighted by Gasteiger charge is 2.22. The first kappa shape index (κ1) is 19.4. The van der Waals surface area contributed by atoms with E-state index in [0.717, 1.165) is 23.1 Å². The molecule has 0 saturated carbocycles. The summed E-state index contributed by atoms with van der Waals surface area (Å²) in [4.78, 5) is 25.8. The molecule has 1 aromatic carbocycles. The topological polar surface area (TPSA) is 68.4 Å². The number of hydrogen-bond donors (Lipinski definition) is 1. The van der Waals surface area contributed by atoms with Crippen molar-refractivity contribution in [2.75, 3.05) is 0 Å². The van der Waals surface area contributed by atoms with Gasteiger partial charge in [0, 0.05) is 6.04 Å². The van der Waals surface area contributed by atoms with Crippen molar-refractivity contribution in [3.8, 4) is 0 Å². The summed E-state index contributed by atoms with van der Waals surface area (Å²) in [6.07, 6.45) is 1.72. The molecule has 1 amide bonds. The van der Waals surface area contributed by atoms with E-state index in [1.807, 2.05) is 54.0 Å². The Morgan fingerprint density at radius 2 is 1.93 bits per heavy atom. The van der Waals surface area contributed by atoms with Crippen molar-refractivity contribution in [3.05, 3.63) is 69.6 Å². The molecule has 0 unspecified atom stereocenters. The van der Waals surface area contributed by atoms with Crippen LogP contribution in [0.15, 0.2) is 52.6 Å². The fourth-order valence-electron chi connectivity index (χ4n) is 3.63. The smallest absolute Gasteiger partial charge is 0.291 e. The van der Waals surface area contributed by atoms with Crippen LogP contribution in [-0.2, 0) is 11.2 Å². The molecule has 0 fully saturated rings. The molecular weight excluding hydrogens is 384 g/mol. The number of amides is 1. The molecule has 3 heterocycles. The number of benzene rings is 1. The van der Waals surface area contributed by atoms with Gasteiger partial charge < -0.3 is 5.32 Å². The highest BCUT2D eigenvalue weighted by Crippen LogP contribution is 2.24. The first-order valence-corrected chi connectivity index (χ1v) is 10.7. The number of aryl methyl sites for hydroxylation is 2. The number of aromatic nitrogens is 3. The zero-order valence-electron chi connectivity index (χ0n) is 16.8. The van der Waals surface area contributed by atoms with E-state index in [0.29, 0.717) is 11.3 Å². The highest BCUT2D eigenvalue weighted by atomic mass is 32.1. The van der Waals surface area contributed by atoms with Gasteiger partial charge >= 0.3 is 0 Å². The summed E-state index contributed by atoms with van der Waals surface area (Å²) in [5.74, 6) is 0.488. The van der Waals surface area contributed by atoms with Gasteiger partial charge in [-0.15, -0.1) is 11.3 Å². The molecule has 0 aliphatic carbocycles. The third kappa shape index (κ3) is 3.70. The summed E-state index contributed by atoms with van der Waals surface area (Å²) in [5, 5.41) is 9.45. The fraction of sp³-hybridized carbons (Fsp3) is 0.318. The van der Waals surface area contributed by atoms with Crippen molar-refractivity contribution in [1.82, 2.24) is 19.5 Å². The van der Waals surface area contributed by atoms with Gasteiger partial charge in [0.25, 0.3) is 5.56 Å². The minimum absolute atomic E-state index is 0.00400. The minimum atomic E-state index is -0.682. The van der Waals surface area contributed by atoms with Gasteiger partial charge in [-0.1, -0.05) is 30.3 Å². The lowest BCUT2D eigenvalue weighted by Gasteiger charge is -2.19. The summed E-state index contributed by atoms with van der Waals surface area (Å²) in [7, 11) is 0. The van der Waals surface area contributed by atoms with Crippen LogP contribution in [0.25, 0.3) is 15.7 Å². The Balaban J connectivity index is 1.51. The van der Waals surface area contributed by atoms with E-state index in [1.165, 1.54) is 10.2 Å². The lowest BCUT2D eigenvalue weighted by molar-refractivity contribution is -0.124. The lowest BCUT2D eigenvalue weighted by atomic mass is 10.1. The van der Waals surface area contributed by atoms with Gasteiger partial charge in [-0.25, -0.2) is 4.68 Å². The van der Waals surface area contributed by atoms with Crippen LogP contribution in [0.4, 0.5) is 0 Å². The second-order valence-corrected chi connectivity index (χ2v) is 8.39. The van der Waals surface area contributed by atoms with Gasteiger partial charge in [-0.3, -0.25) is 14.0 Å². The predicted octanol–water partition coefficient (Wildman–Crippen LogP) is 3.72. The SMILES string of the molecule is Cc1nn([C@@H](C)C(=O)N[C@@H](C)CCc2ccccc2)c(=O)c2cc3sccc3n12. The zero-order chi connectivity index (χ0) is 20.5. The molecule has 0 aliphatic heterocycles. The van der Waals surface area contributed by atoms with Gasteiger partial charge in [0.1, 0.15) is 17.4 Å². The molecule has 3 aromatic heterocycles. The Hall–Kier alpha value is -2.93. The number of rotatable bonds is 6. The average molecular weight is 409 g/mol. The van der Waals surface area contributed by atoms with Gasteiger partial charge in [0.05, 0.1) is 10.2 Å². The summed E-state index contributed by atoms with van der Waals surface area (Å²) < 4.78 is 4.20. The van der Waals surface area contributed by atoms with Gasteiger partial charge in [0.15, 0.2) is 0 Å². The van der Waals surface area contributed by atoms with Crippen molar-refractivity contribution in [3.63, 3.8) is 0 Å². The first-order chi connectivity index (χ1) is 14.0. The van der Waals surface area contributed by atoms with E-state index in [1.54, 1.807) is 18.3 Å². The standard InChI is InChI=1S/C22H24N4O2S/c1-14(9-10-17-7-5-4-6-8-17)23-21(27)15(2)26-22(28)19-13-20-18(11-12-29-20)25(19)16(3)24-26/h4-8,11-15H,9-10H2,1-3H3,(H,23,27)/t14-,15-/m0/s1. The molecule has 6 nitrogen and oxygen atoms in total. The predicted molar refractivity (Wildman–Crippen MR) is 117 cm³/mol. The third-order valence-electron chi connectivity index (χ3n) is 5.27. The molecule has 0 radical (unpaired) electrons. The first-order valence-electron chi connectivity index (χ1n) is 9.78. The molecule has 150 valence electrons. The molecule has 0 saturated heterocycles. The summed E-state index contributed by atoms with van der Waals surface area (Å²) in [6, 6.07) is 13.4. The Morgan fingerprint density at radius 1 is 1.17 bits per heavy atom. The number of fused-ring (bicyclic) bond motifs is 3. The lowest BCUT2D eigenvalue weighted by Crippen LogP contribution is -2.41. The van der Waals surface area contributed by atoms with Crippen molar-refractivity contribution < 1.29 is 4.79 Å². The Morgan fingerprint density at radius 3 is 2.69 bits per heavy atom. The quantitative estimate of drug-likeness (QED) is 0.529. The number of carbonyl (C=O) groups is 1. The monoisotopic (exact) mass is 408 g/mol. The van der Waals surface area contributed by atoms with Crippen LogP contribution in [0.2, 0.25) is 0 Å². The van der Waals surface area contributed by atoms with Crippen molar-refractivity contribution in [2.45, 2.75) is 45.7 Å². The molecule has 0 aliphatic rings. The number of carbonyl (C=O) groups excluding carboxylic acids is 1. The molecule has 0 bridgehead atoms. The molecular formula is C22H24N4O2S. The van der Waals surface area contributed by atoms with Crippen LogP contribution >= 0.6 is 11.3 Å². The second-order valence-electron chi connectivity index (χ2n) is 7.44. The number of thiophene rings is 1. The van der Waals surface area contributed by atoms with E-state index in [9.17, 15) is 9.59 Å². The fourth-order valence-corrected chi connectivity index (χ4v) is 4.44. The molecule has 7 heteroatoms.